The second-order valence-electron chi connectivity index (χ2n) is 4.97. The van der Waals surface area contributed by atoms with Gasteiger partial charge < -0.3 is 9.64 Å². The predicted molar refractivity (Wildman–Crippen MR) is 72.0 cm³/mol. The molecule has 2 aromatic rings. The molecule has 0 bridgehead atoms. The van der Waals surface area contributed by atoms with Gasteiger partial charge in [-0.2, -0.15) is 5.10 Å². The van der Waals surface area contributed by atoms with Crippen molar-refractivity contribution < 1.29 is 9.13 Å². The maximum atomic E-state index is 13.7. The third kappa shape index (κ3) is 2.30. The first-order valence-corrected chi connectivity index (χ1v) is 6.71. The Bertz CT molecular complexity index is 575. The normalized spacial score (nSPS) is 16.3. The molecule has 1 aliphatic rings. The van der Waals surface area contributed by atoms with Crippen LogP contribution in [0.4, 0.5) is 4.39 Å². The quantitative estimate of drug-likeness (QED) is 0.920. The van der Waals surface area contributed by atoms with Crippen LogP contribution in [0.3, 0.4) is 0 Å². The minimum absolute atomic E-state index is 0.306. The van der Waals surface area contributed by atoms with E-state index in [9.17, 15) is 4.39 Å². The molecule has 102 valence electrons. The average Bonchev–Trinajstić information content (AvgIpc) is 3.06. The number of aromatic nitrogens is 2. The molecule has 2 heterocycles. The third-order valence-corrected chi connectivity index (χ3v) is 3.79. The van der Waals surface area contributed by atoms with Crippen LogP contribution < -0.4 is 4.74 Å². The number of likely N-dealkylation sites (tertiary alicyclic amines) is 1. The number of ether oxygens (including phenoxy) is 1. The zero-order chi connectivity index (χ0) is 13.2. The van der Waals surface area contributed by atoms with E-state index < -0.39 is 0 Å². The Kier molecular flexibility index (Phi) is 3.38. The number of nitrogens with zero attached hydrogens (tertiary/aromatic N) is 2. The number of benzene rings is 1. The van der Waals surface area contributed by atoms with Crippen LogP contribution in [0.1, 0.15) is 18.5 Å². The summed E-state index contributed by atoms with van der Waals surface area (Å²) in [6.45, 7) is 3.31. The smallest absolute Gasteiger partial charge is 0.151 e. The molecule has 0 radical (unpaired) electrons. The zero-order valence-electron chi connectivity index (χ0n) is 11.1. The lowest BCUT2D eigenvalue weighted by molar-refractivity contribution is 0.342. The first-order valence-electron chi connectivity index (χ1n) is 6.71. The fraction of sp³-hybridized carbons (Fsp3) is 0.500. The molecule has 1 saturated heterocycles. The Morgan fingerprint density at radius 2 is 2.16 bits per heavy atom. The second kappa shape index (κ2) is 5.17. The van der Waals surface area contributed by atoms with Gasteiger partial charge in [0.1, 0.15) is 11.3 Å². The Morgan fingerprint density at radius 3 is 2.89 bits per heavy atom. The van der Waals surface area contributed by atoms with Gasteiger partial charge in [-0.15, -0.1) is 0 Å². The monoisotopic (exact) mass is 263 g/mol. The lowest BCUT2D eigenvalue weighted by Crippen LogP contribution is -2.22. The predicted octanol–water partition coefficient (Wildman–Crippen LogP) is 2.35. The molecule has 1 N–H and O–H groups in total. The standard InChI is InChI=1S/C14H18FN3O/c1-19-12-5-4-10(15)14-13(12)11(16-17-14)6-9-18-7-2-3-8-18/h4-5H,2-3,6-9H2,1H3,(H,16,17). The summed E-state index contributed by atoms with van der Waals surface area (Å²) in [7, 11) is 1.60. The number of hydrogen-bond donors (Lipinski definition) is 1. The molecule has 4 nitrogen and oxygen atoms in total. The maximum Gasteiger partial charge on any atom is 0.151 e. The number of halogens is 1. The second-order valence-corrected chi connectivity index (χ2v) is 4.97. The van der Waals surface area contributed by atoms with Crippen LogP contribution in [-0.2, 0) is 6.42 Å². The van der Waals surface area contributed by atoms with Gasteiger partial charge in [0.15, 0.2) is 5.82 Å². The first kappa shape index (κ1) is 12.4. The molecule has 5 heteroatoms. The largest absolute Gasteiger partial charge is 0.496 e. The highest BCUT2D eigenvalue weighted by atomic mass is 19.1. The van der Waals surface area contributed by atoms with Crippen LogP contribution >= 0.6 is 0 Å². The number of H-pyrrole nitrogens is 1. The van der Waals surface area contributed by atoms with Gasteiger partial charge in [0.2, 0.25) is 0 Å². The van der Waals surface area contributed by atoms with Gasteiger partial charge in [0, 0.05) is 18.7 Å². The fourth-order valence-electron chi connectivity index (χ4n) is 2.75. The van der Waals surface area contributed by atoms with Gasteiger partial charge in [0.05, 0.1) is 12.5 Å². The molecule has 1 fully saturated rings. The number of fused-ring (bicyclic) bond motifs is 1. The van der Waals surface area contributed by atoms with Gasteiger partial charge in [-0.25, -0.2) is 4.39 Å². The Morgan fingerprint density at radius 1 is 1.37 bits per heavy atom. The van der Waals surface area contributed by atoms with Crippen LogP contribution in [0.25, 0.3) is 10.9 Å². The van der Waals surface area contributed by atoms with Crippen molar-refractivity contribution in [2.24, 2.45) is 0 Å². The molecule has 0 aliphatic carbocycles. The lowest BCUT2D eigenvalue weighted by atomic mass is 10.1. The van der Waals surface area contributed by atoms with E-state index in [0.29, 0.717) is 11.3 Å². The molecule has 0 amide bonds. The first-order chi connectivity index (χ1) is 9.29. The summed E-state index contributed by atoms with van der Waals surface area (Å²) in [6, 6.07) is 3.05. The van der Waals surface area contributed by atoms with Gasteiger partial charge in [0.25, 0.3) is 0 Å². The summed E-state index contributed by atoms with van der Waals surface area (Å²) in [4.78, 5) is 2.43. The highest BCUT2D eigenvalue weighted by Crippen LogP contribution is 2.29. The fourth-order valence-corrected chi connectivity index (χ4v) is 2.75. The van der Waals surface area contributed by atoms with E-state index >= 15 is 0 Å². The summed E-state index contributed by atoms with van der Waals surface area (Å²) < 4.78 is 19.0. The highest BCUT2D eigenvalue weighted by molar-refractivity contribution is 5.88. The van der Waals surface area contributed by atoms with E-state index in [4.69, 9.17) is 4.74 Å². The molecule has 0 spiro atoms. The van der Waals surface area contributed by atoms with E-state index in [1.165, 1.54) is 18.9 Å². The van der Waals surface area contributed by atoms with Gasteiger partial charge in [-0.1, -0.05) is 0 Å². The molecule has 0 unspecified atom stereocenters. The minimum atomic E-state index is -0.306. The van der Waals surface area contributed by atoms with Crippen molar-refractivity contribution in [3.05, 3.63) is 23.6 Å². The number of methoxy groups -OCH3 is 1. The number of hydrogen-bond acceptors (Lipinski definition) is 3. The molecule has 0 saturated carbocycles. The van der Waals surface area contributed by atoms with Crippen LogP contribution in [-0.4, -0.2) is 41.8 Å². The summed E-state index contributed by atoms with van der Waals surface area (Å²) in [5.41, 5.74) is 1.33. The van der Waals surface area contributed by atoms with E-state index in [2.05, 4.69) is 15.1 Å². The van der Waals surface area contributed by atoms with E-state index in [-0.39, 0.29) is 5.82 Å². The molecule has 1 aromatic heterocycles. The van der Waals surface area contributed by atoms with Crippen molar-refractivity contribution >= 4 is 10.9 Å². The van der Waals surface area contributed by atoms with E-state index in [0.717, 1.165) is 37.1 Å². The molecule has 3 rings (SSSR count). The van der Waals surface area contributed by atoms with Crippen LogP contribution in [0.2, 0.25) is 0 Å². The van der Waals surface area contributed by atoms with Crippen molar-refractivity contribution in [3.63, 3.8) is 0 Å². The third-order valence-electron chi connectivity index (χ3n) is 3.79. The highest BCUT2D eigenvalue weighted by Gasteiger charge is 2.16. The topological polar surface area (TPSA) is 41.1 Å². The zero-order valence-corrected chi connectivity index (χ0v) is 11.1. The summed E-state index contributed by atoms with van der Waals surface area (Å²) in [6.07, 6.45) is 3.40. The summed E-state index contributed by atoms with van der Waals surface area (Å²) in [5.74, 6) is 0.376. The van der Waals surface area contributed by atoms with Crippen molar-refractivity contribution in [1.29, 1.82) is 0 Å². The number of aromatic amines is 1. The van der Waals surface area contributed by atoms with Gasteiger partial charge in [-0.3, -0.25) is 5.10 Å². The Hall–Kier alpha value is -1.62. The summed E-state index contributed by atoms with van der Waals surface area (Å²) >= 11 is 0. The van der Waals surface area contributed by atoms with Crippen LogP contribution in [0, 0.1) is 5.82 Å². The van der Waals surface area contributed by atoms with Gasteiger partial charge in [-0.05, 0) is 38.1 Å². The maximum absolute atomic E-state index is 13.7. The summed E-state index contributed by atoms with van der Waals surface area (Å²) in [5, 5.41) is 7.81. The van der Waals surface area contributed by atoms with Crippen molar-refractivity contribution in [3.8, 4) is 5.75 Å². The van der Waals surface area contributed by atoms with Gasteiger partial charge >= 0.3 is 0 Å². The Balaban J connectivity index is 1.88. The molecule has 1 aromatic carbocycles. The van der Waals surface area contributed by atoms with Crippen molar-refractivity contribution in [2.45, 2.75) is 19.3 Å². The van der Waals surface area contributed by atoms with E-state index in [1.807, 2.05) is 0 Å². The van der Waals surface area contributed by atoms with E-state index in [1.54, 1.807) is 13.2 Å². The van der Waals surface area contributed by atoms with Crippen molar-refractivity contribution in [2.75, 3.05) is 26.7 Å². The average molecular weight is 263 g/mol. The molecular formula is C14H18FN3O. The van der Waals surface area contributed by atoms with Crippen LogP contribution in [0.15, 0.2) is 12.1 Å². The number of rotatable bonds is 4. The van der Waals surface area contributed by atoms with Crippen molar-refractivity contribution in [1.82, 2.24) is 15.1 Å². The molecule has 19 heavy (non-hydrogen) atoms. The molecule has 1 aliphatic heterocycles. The Labute approximate surface area is 111 Å². The lowest BCUT2D eigenvalue weighted by Gasteiger charge is -2.13. The van der Waals surface area contributed by atoms with Crippen LogP contribution in [0.5, 0.6) is 5.75 Å². The SMILES string of the molecule is COc1ccc(F)c2n[nH]c(CCN3CCCC3)c12. The minimum Gasteiger partial charge on any atom is -0.496 e. The molecular weight excluding hydrogens is 245 g/mol. The number of nitrogens with one attached hydrogen (secondary N) is 1. The molecule has 0 atom stereocenters.